The summed E-state index contributed by atoms with van der Waals surface area (Å²) in [6.45, 7) is 6.09. The van der Waals surface area contributed by atoms with Crippen LogP contribution in [0.5, 0.6) is 0 Å². The third-order valence-electron chi connectivity index (χ3n) is 6.88. The fourth-order valence-corrected chi connectivity index (χ4v) is 4.91. The Morgan fingerprint density at radius 2 is 1.76 bits per heavy atom. The number of benzene rings is 1. The molecule has 3 aromatic heterocycles. The summed E-state index contributed by atoms with van der Waals surface area (Å²) in [5.41, 5.74) is 4.23. The highest BCUT2D eigenvalue weighted by Crippen LogP contribution is 2.29. The summed E-state index contributed by atoms with van der Waals surface area (Å²) in [7, 11) is 6.07. The van der Waals surface area contributed by atoms with Gasteiger partial charge >= 0.3 is 5.69 Å². The highest BCUT2D eigenvalue weighted by Gasteiger charge is 2.22. The van der Waals surface area contributed by atoms with Gasteiger partial charge in [0.25, 0.3) is 0 Å². The van der Waals surface area contributed by atoms with Crippen molar-refractivity contribution in [1.82, 2.24) is 29.2 Å². The molecule has 0 unspecified atom stereocenters. The van der Waals surface area contributed by atoms with Crippen molar-refractivity contribution < 1.29 is 0 Å². The molecule has 4 heterocycles. The quantitative estimate of drug-likeness (QED) is 0.479. The van der Waals surface area contributed by atoms with Crippen molar-refractivity contribution in [2.75, 3.05) is 32.1 Å². The lowest BCUT2D eigenvalue weighted by atomic mass is 10.0. The number of aromatic nitrogens is 5. The van der Waals surface area contributed by atoms with E-state index in [-0.39, 0.29) is 11.7 Å². The second-order valence-electron chi connectivity index (χ2n) is 9.50. The Balaban J connectivity index is 1.51. The molecule has 4 aromatic rings. The first kappa shape index (κ1) is 21.6. The smallest absolute Gasteiger partial charge is 0.330 e. The number of fused-ring (bicyclic) bond motifs is 3. The second kappa shape index (κ2) is 8.26. The van der Waals surface area contributed by atoms with Crippen LogP contribution < -0.4 is 10.6 Å². The first-order valence-corrected chi connectivity index (χ1v) is 11.6. The minimum Gasteiger partial charge on any atom is -0.357 e. The number of hydrogen-bond acceptors (Lipinski definition) is 6. The van der Waals surface area contributed by atoms with Crippen molar-refractivity contribution in [3.63, 3.8) is 0 Å². The van der Waals surface area contributed by atoms with Crippen LogP contribution in [0.4, 0.5) is 5.82 Å². The Morgan fingerprint density at radius 1 is 1.03 bits per heavy atom. The minimum absolute atomic E-state index is 0.0230. The van der Waals surface area contributed by atoms with Gasteiger partial charge in [0.05, 0.1) is 5.52 Å². The number of hydrogen-bond donors (Lipinski definition) is 0. The van der Waals surface area contributed by atoms with Gasteiger partial charge in [-0.25, -0.2) is 9.78 Å². The maximum absolute atomic E-state index is 12.8. The van der Waals surface area contributed by atoms with Crippen LogP contribution in [-0.2, 0) is 7.05 Å². The summed E-state index contributed by atoms with van der Waals surface area (Å²) in [4.78, 5) is 22.3. The summed E-state index contributed by atoms with van der Waals surface area (Å²) < 4.78 is 3.37. The molecule has 1 fully saturated rings. The molecule has 33 heavy (non-hydrogen) atoms. The van der Waals surface area contributed by atoms with E-state index in [2.05, 4.69) is 52.3 Å². The monoisotopic (exact) mass is 445 g/mol. The SMILES string of the molecule is CC(C)n1c(=O)n(C)c2nnc3ccc(-c4ccc(N5CCC(N(C)C)CC5)nc4)cc3c21. The number of nitrogens with zero attached hydrogens (tertiary/aromatic N) is 7. The van der Waals surface area contributed by atoms with Gasteiger partial charge in [-0.3, -0.25) is 9.13 Å². The van der Waals surface area contributed by atoms with Crippen LogP contribution >= 0.6 is 0 Å². The van der Waals surface area contributed by atoms with E-state index < -0.39 is 0 Å². The summed E-state index contributed by atoms with van der Waals surface area (Å²) in [5.74, 6) is 1.03. The summed E-state index contributed by atoms with van der Waals surface area (Å²) in [6.07, 6.45) is 4.26. The van der Waals surface area contributed by atoms with Crippen molar-refractivity contribution in [1.29, 1.82) is 0 Å². The molecule has 0 bridgehead atoms. The van der Waals surface area contributed by atoms with Crippen molar-refractivity contribution in [3.8, 4) is 11.1 Å². The summed E-state index contributed by atoms with van der Waals surface area (Å²) in [6, 6.07) is 11.0. The molecule has 172 valence electrons. The van der Waals surface area contributed by atoms with Gasteiger partial charge < -0.3 is 9.80 Å². The lowest BCUT2D eigenvalue weighted by Gasteiger charge is -2.35. The third kappa shape index (κ3) is 3.68. The predicted molar refractivity (Wildman–Crippen MR) is 133 cm³/mol. The maximum atomic E-state index is 12.8. The molecular weight excluding hydrogens is 414 g/mol. The number of anilines is 1. The number of piperidine rings is 1. The molecule has 8 heteroatoms. The molecule has 0 aliphatic carbocycles. The zero-order valence-corrected chi connectivity index (χ0v) is 20.0. The molecule has 0 atom stereocenters. The predicted octanol–water partition coefficient (Wildman–Crippen LogP) is 3.46. The number of aryl methyl sites for hydroxylation is 1. The molecule has 8 nitrogen and oxygen atoms in total. The van der Waals surface area contributed by atoms with Crippen LogP contribution in [0, 0.1) is 0 Å². The van der Waals surface area contributed by atoms with Gasteiger partial charge in [0.2, 0.25) is 0 Å². The number of imidazole rings is 1. The van der Waals surface area contributed by atoms with Crippen LogP contribution in [0.15, 0.2) is 41.3 Å². The Bertz CT molecular complexity index is 1360. The normalized spacial score (nSPS) is 15.4. The van der Waals surface area contributed by atoms with Gasteiger partial charge in [-0.05, 0) is 70.6 Å². The molecule has 1 aliphatic rings. The fraction of sp³-hybridized carbons (Fsp3) is 0.440. The van der Waals surface area contributed by atoms with Crippen molar-refractivity contribution in [2.24, 2.45) is 7.05 Å². The van der Waals surface area contributed by atoms with Gasteiger partial charge in [0, 0.05) is 49.4 Å². The Kier molecular flexibility index (Phi) is 5.40. The second-order valence-corrected chi connectivity index (χ2v) is 9.50. The van der Waals surface area contributed by atoms with E-state index in [0.717, 1.165) is 59.3 Å². The molecule has 0 N–H and O–H groups in total. The molecule has 0 saturated carbocycles. The van der Waals surface area contributed by atoms with E-state index >= 15 is 0 Å². The fourth-order valence-electron chi connectivity index (χ4n) is 4.91. The Morgan fingerprint density at radius 3 is 2.39 bits per heavy atom. The van der Waals surface area contributed by atoms with E-state index in [4.69, 9.17) is 4.98 Å². The molecule has 1 saturated heterocycles. The van der Waals surface area contributed by atoms with Crippen molar-refractivity contribution in [3.05, 3.63) is 47.0 Å². The first-order chi connectivity index (χ1) is 15.8. The van der Waals surface area contributed by atoms with Crippen molar-refractivity contribution >= 4 is 27.9 Å². The number of rotatable bonds is 4. The van der Waals surface area contributed by atoms with E-state index in [1.807, 2.05) is 32.2 Å². The summed E-state index contributed by atoms with van der Waals surface area (Å²) >= 11 is 0. The molecule has 0 amide bonds. The largest absolute Gasteiger partial charge is 0.357 e. The van der Waals surface area contributed by atoms with Gasteiger partial charge in [-0.2, -0.15) is 0 Å². The Hall–Kier alpha value is -3.26. The average molecular weight is 446 g/mol. The lowest BCUT2D eigenvalue weighted by Crippen LogP contribution is -2.42. The molecule has 1 aliphatic heterocycles. The van der Waals surface area contributed by atoms with E-state index in [1.165, 1.54) is 0 Å². The van der Waals surface area contributed by atoms with Crippen LogP contribution in [0.25, 0.3) is 33.2 Å². The maximum Gasteiger partial charge on any atom is 0.330 e. The average Bonchev–Trinajstić information content (AvgIpc) is 3.09. The van der Waals surface area contributed by atoms with Gasteiger partial charge in [-0.1, -0.05) is 6.07 Å². The van der Waals surface area contributed by atoms with E-state index in [9.17, 15) is 4.79 Å². The van der Waals surface area contributed by atoms with Crippen LogP contribution in [0.2, 0.25) is 0 Å². The van der Waals surface area contributed by atoms with Crippen LogP contribution in [0.1, 0.15) is 32.7 Å². The highest BCUT2D eigenvalue weighted by atomic mass is 16.1. The minimum atomic E-state index is -0.0729. The third-order valence-corrected chi connectivity index (χ3v) is 6.88. The van der Waals surface area contributed by atoms with Gasteiger partial charge in [0.15, 0.2) is 5.65 Å². The zero-order valence-electron chi connectivity index (χ0n) is 20.0. The van der Waals surface area contributed by atoms with Crippen molar-refractivity contribution in [2.45, 2.75) is 38.8 Å². The summed E-state index contributed by atoms with van der Waals surface area (Å²) in [5, 5.41) is 9.62. The van der Waals surface area contributed by atoms with Crippen LogP contribution in [0.3, 0.4) is 0 Å². The lowest BCUT2D eigenvalue weighted by molar-refractivity contribution is 0.249. The first-order valence-electron chi connectivity index (χ1n) is 11.6. The molecule has 0 radical (unpaired) electrons. The highest BCUT2D eigenvalue weighted by molar-refractivity contribution is 6.02. The number of pyridine rings is 1. The van der Waals surface area contributed by atoms with Gasteiger partial charge in [0.1, 0.15) is 11.3 Å². The molecule has 1 aromatic carbocycles. The zero-order chi connectivity index (χ0) is 23.3. The standard InChI is InChI=1S/C25H31N7O/c1-16(2)32-23-20-14-17(6-8-21(20)27-28-24(23)30(5)25(32)33)18-7-9-22(26-15-18)31-12-10-19(11-13-31)29(3)4/h6-9,14-16,19H,10-13H2,1-5H3. The van der Waals surface area contributed by atoms with E-state index in [1.54, 1.807) is 16.2 Å². The molecule has 5 rings (SSSR count). The topological polar surface area (TPSA) is 72.1 Å². The van der Waals surface area contributed by atoms with E-state index in [0.29, 0.717) is 11.7 Å². The van der Waals surface area contributed by atoms with Gasteiger partial charge in [-0.15, -0.1) is 10.2 Å². The van der Waals surface area contributed by atoms with Crippen LogP contribution in [-0.4, -0.2) is 62.4 Å². The molecule has 0 spiro atoms. The Labute approximate surface area is 193 Å². The molecular formula is C25H31N7O.